The first-order valence-electron chi connectivity index (χ1n) is 9.05. The van der Waals surface area contributed by atoms with Crippen LogP contribution in [0, 0.1) is 0 Å². The maximum Gasteiger partial charge on any atom is 0.205 e. The van der Waals surface area contributed by atoms with Gasteiger partial charge in [-0.25, -0.2) is 0 Å². The van der Waals surface area contributed by atoms with Gasteiger partial charge in [0.15, 0.2) is 0 Å². The zero-order chi connectivity index (χ0) is 19.1. The zero-order valence-corrected chi connectivity index (χ0v) is 18.3. The second kappa shape index (κ2) is 9.90. The summed E-state index contributed by atoms with van der Waals surface area (Å²) in [5, 5.41) is 16.6. The van der Waals surface area contributed by atoms with E-state index >= 15 is 0 Å². The molecule has 7 heteroatoms. The Morgan fingerprint density at radius 2 is 1.33 bits per heavy atom. The second-order valence-corrected chi connectivity index (χ2v) is 7.69. The van der Waals surface area contributed by atoms with Crippen molar-refractivity contribution in [3.05, 3.63) is 63.6 Å². The molecule has 5 nitrogen and oxygen atoms in total. The van der Waals surface area contributed by atoms with E-state index in [-0.39, 0.29) is 0 Å². The molecule has 0 N–H and O–H groups in total. The summed E-state index contributed by atoms with van der Waals surface area (Å²) in [7, 11) is 0. The van der Waals surface area contributed by atoms with E-state index in [1.807, 2.05) is 41.0 Å². The van der Waals surface area contributed by atoms with Crippen molar-refractivity contribution in [1.29, 1.82) is 0 Å². The summed E-state index contributed by atoms with van der Waals surface area (Å²) in [6.45, 7) is 2.24. The summed E-state index contributed by atoms with van der Waals surface area (Å²) in [5.74, 6) is 0. The highest BCUT2D eigenvalue weighted by Gasteiger charge is 2.08. The van der Waals surface area contributed by atoms with Crippen molar-refractivity contribution in [2.75, 3.05) is 0 Å². The standard InChI is InChI=1S/C20H21Br2N5/c1-2-3-4-5-6-15-7-9-16(10-8-15)23-24-17-11-13-18(14-12-17)27-19(21)25-26-20(27)22/h7-14H,2-6H2,1H3. The summed E-state index contributed by atoms with van der Waals surface area (Å²) in [6, 6.07) is 16.1. The lowest BCUT2D eigenvalue weighted by Gasteiger charge is -2.04. The van der Waals surface area contributed by atoms with E-state index < -0.39 is 0 Å². The minimum atomic E-state index is 0.638. The van der Waals surface area contributed by atoms with Crippen LogP contribution in [-0.2, 0) is 6.42 Å². The summed E-state index contributed by atoms with van der Waals surface area (Å²) < 4.78 is 3.12. The number of halogens is 2. The highest BCUT2D eigenvalue weighted by molar-refractivity contribution is 9.11. The van der Waals surface area contributed by atoms with Crippen molar-refractivity contribution in [2.45, 2.75) is 39.0 Å². The van der Waals surface area contributed by atoms with Crippen LogP contribution in [0.4, 0.5) is 11.4 Å². The SMILES string of the molecule is CCCCCCc1ccc(N=Nc2ccc(-n3c(Br)nnc3Br)cc2)cc1. The van der Waals surface area contributed by atoms with Crippen molar-refractivity contribution < 1.29 is 0 Å². The second-order valence-electron chi connectivity index (χ2n) is 6.27. The van der Waals surface area contributed by atoms with Gasteiger partial charge in [-0.3, -0.25) is 4.57 Å². The van der Waals surface area contributed by atoms with Crippen molar-refractivity contribution in [3.63, 3.8) is 0 Å². The normalized spacial score (nSPS) is 11.4. The molecule has 27 heavy (non-hydrogen) atoms. The van der Waals surface area contributed by atoms with Crippen LogP contribution in [0.2, 0.25) is 0 Å². The number of aryl methyl sites for hydroxylation is 1. The average molecular weight is 491 g/mol. The third-order valence-electron chi connectivity index (χ3n) is 4.23. The van der Waals surface area contributed by atoms with Gasteiger partial charge in [-0.15, -0.1) is 10.2 Å². The van der Waals surface area contributed by atoms with Crippen molar-refractivity contribution in [1.82, 2.24) is 14.8 Å². The Morgan fingerprint density at radius 1 is 0.778 bits per heavy atom. The number of aromatic nitrogens is 3. The Bertz CT molecular complexity index is 866. The van der Waals surface area contributed by atoms with Crippen LogP contribution in [0.5, 0.6) is 0 Å². The maximum absolute atomic E-state index is 4.33. The Morgan fingerprint density at radius 3 is 1.89 bits per heavy atom. The highest BCUT2D eigenvalue weighted by atomic mass is 79.9. The van der Waals surface area contributed by atoms with Crippen molar-refractivity contribution >= 4 is 43.2 Å². The third-order valence-corrected chi connectivity index (χ3v) is 5.25. The molecule has 0 bridgehead atoms. The van der Waals surface area contributed by atoms with Gasteiger partial charge >= 0.3 is 0 Å². The number of hydrogen-bond donors (Lipinski definition) is 0. The van der Waals surface area contributed by atoms with Crippen LogP contribution >= 0.6 is 31.9 Å². The number of benzene rings is 2. The van der Waals surface area contributed by atoms with Crippen molar-refractivity contribution in [3.8, 4) is 5.69 Å². The summed E-state index contributed by atoms with van der Waals surface area (Å²) in [5.41, 5.74) is 3.95. The molecule has 0 saturated carbocycles. The first-order valence-corrected chi connectivity index (χ1v) is 10.6. The third kappa shape index (κ3) is 5.56. The first kappa shape index (κ1) is 19.9. The van der Waals surface area contributed by atoms with E-state index in [1.54, 1.807) is 0 Å². The smallest absolute Gasteiger partial charge is 0.205 e. The molecule has 0 amide bonds. The van der Waals surface area contributed by atoms with Gasteiger partial charge in [0.2, 0.25) is 9.47 Å². The molecule has 0 fully saturated rings. The number of nitrogens with zero attached hydrogens (tertiary/aromatic N) is 5. The van der Waals surface area contributed by atoms with Gasteiger partial charge in [-0.05, 0) is 86.7 Å². The number of hydrogen-bond acceptors (Lipinski definition) is 4. The summed E-state index contributed by atoms with van der Waals surface area (Å²) in [6.07, 6.45) is 6.27. The minimum Gasteiger partial charge on any atom is -0.264 e. The molecule has 0 aliphatic carbocycles. The Labute approximate surface area is 176 Å². The number of azo groups is 1. The molecule has 3 rings (SSSR count). The van der Waals surface area contributed by atoms with Gasteiger partial charge < -0.3 is 0 Å². The topological polar surface area (TPSA) is 55.4 Å². The lowest BCUT2D eigenvalue weighted by Crippen LogP contribution is -1.94. The van der Waals surface area contributed by atoms with Gasteiger partial charge in [0.1, 0.15) is 0 Å². The molecule has 1 heterocycles. The predicted octanol–water partition coefficient (Wildman–Crippen LogP) is 7.33. The molecule has 0 spiro atoms. The van der Waals surface area contributed by atoms with Crippen LogP contribution in [0.15, 0.2) is 68.2 Å². The number of rotatable bonds is 8. The fourth-order valence-electron chi connectivity index (χ4n) is 2.73. The molecular formula is C20H21Br2N5. The van der Waals surface area contributed by atoms with Gasteiger partial charge in [-0.1, -0.05) is 38.3 Å². The quantitative estimate of drug-likeness (QED) is 0.245. The van der Waals surface area contributed by atoms with E-state index in [0.29, 0.717) is 9.47 Å². The Kier molecular flexibility index (Phi) is 7.29. The van der Waals surface area contributed by atoms with E-state index in [1.165, 1.54) is 31.2 Å². The molecule has 0 atom stereocenters. The maximum atomic E-state index is 4.33. The monoisotopic (exact) mass is 489 g/mol. The molecule has 2 aromatic carbocycles. The van der Waals surface area contributed by atoms with Gasteiger partial charge in [0.05, 0.1) is 17.1 Å². The van der Waals surface area contributed by atoms with Crippen molar-refractivity contribution in [2.24, 2.45) is 10.2 Å². The molecule has 0 aliphatic rings. The van der Waals surface area contributed by atoms with E-state index in [4.69, 9.17) is 0 Å². The fraction of sp³-hybridized carbons (Fsp3) is 0.300. The molecule has 1 aromatic heterocycles. The van der Waals surface area contributed by atoms with Gasteiger partial charge in [-0.2, -0.15) is 10.2 Å². The Hall–Kier alpha value is -1.86. The summed E-state index contributed by atoms with van der Waals surface area (Å²) >= 11 is 6.76. The molecule has 0 radical (unpaired) electrons. The molecule has 0 aliphatic heterocycles. The summed E-state index contributed by atoms with van der Waals surface area (Å²) in [4.78, 5) is 0. The van der Waals surface area contributed by atoms with Crippen LogP contribution in [0.25, 0.3) is 5.69 Å². The molecule has 0 unspecified atom stereocenters. The molecule has 3 aromatic rings. The average Bonchev–Trinajstić information content (AvgIpc) is 3.03. The minimum absolute atomic E-state index is 0.638. The van der Waals surface area contributed by atoms with Crippen LogP contribution in [0.3, 0.4) is 0 Å². The lowest BCUT2D eigenvalue weighted by molar-refractivity contribution is 0.667. The van der Waals surface area contributed by atoms with E-state index in [2.05, 4.69) is 71.3 Å². The van der Waals surface area contributed by atoms with E-state index in [0.717, 1.165) is 23.5 Å². The zero-order valence-electron chi connectivity index (χ0n) is 15.1. The number of unbranched alkanes of at least 4 members (excludes halogenated alkanes) is 3. The van der Waals surface area contributed by atoms with Gasteiger partial charge in [0.25, 0.3) is 0 Å². The first-order chi connectivity index (χ1) is 13.2. The largest absolute Gasteiger partial charge is 0.264 e. The Balaban J connectivity index is 1.61. The highest BCUT2D eigenvalue weighted by Crippen LogP contribution is 2.24. The fourth-order valence-corrected chi connectivity index (χ4v) is 3.87. The van der Waals surface area contributed by atoms with Gasteiger partial charge in [0, 0.05) is 0 Å². The van der Waals surface area contributed by atoms with Crippen LogP contribution in [-0.4, -0.2) is 14.8 Å². The molecule has 140 valence electrons. The van der Waals surface area contributed by atoms with E-state index in [9.17, 15) is 0 Å². The molecule has 0 saturated heterocycles. The molecular weight excluding hydrogens is 470 g/mol. The van der Waals surface area contributed by atoms with Crippen LogP contribution < -0.4 is 0 Å². The van der Waals surface area contributed by atoms with Crippen LogP contribution in [0.1, 0.15) is 38.2 Å². The predicted molar refractivity (Wildman–Crippen MR) is 115 cm³/mol. The lowest BCUT2D eigenvalue weighted by atomic mass is 10.1.